The fraction of sp³-hybridized carbons (Fsp3) is 0.0556. The predicted molar refractivity (Wildman–Crippen MR) is 93.2 cm³/mol. The first-order valence-electron chi connectivity index (χ1n) is 7.29. The highest BCUT2D eigenvalue weighted by atomic mass is 32.1. The maximum Gasteiger partial charge on any atom is 0.282 e. The van der Waals surface area contributed by atoms with Gasteiger partial charge >= 0.3 is 0 Å². The minimum atomic E-state index is -0.544. The molecule has 1 atom stereocenters. The number of hydrogen-bond acceptors (Lipinski definition) is 4. The van der Waals surface area contributed by atoms with Gasteiger partial charge in [-0.1, -0.05) is 48.5 Å². The van der Waals surface area contributed by atoms with Crippen LogP contribution in [0.2, 0.25) is 0 Å². The Morgan fingerprint density at radius 2 is 1.71 bits per heavy atom. The number of rotatable bonds is 5. The molecule has 5 nitrogen and oxygen atoms in total. The Labute approximate surface area is 142 Å². The number of amides is 1. The van der Waals surface area contributed by atoms with Gasteiger partial charge < -0.3 is 5.32 Å². The second kappa shape index (κ2) is 7.06. The summed E-state index contributed by atoms with van der Waals surface area (Å²) in [7, 11) is 0. The Morgan fingerprint density at radius 1 is 1.00 bits per heavy atom. The summed E-state index contributed by atoms with van der Waals surface area (Å²) in [5.74, 6) is -0.468. The van der Waals surface area contributed by atoms with Crippen LogP contribution >= 0.6 is 11.3 Å². The average molecular weight is 338 g/mol. The highest BCUT2D eigenvalue weighted by molar-refractivity contribution is 7.10. The molecule has 1 unspecified atom stereocenters. The summed E-state index contributed by atoms with van der Waals surface area (Å²) < 4.78 is 0. The molecule has 3 rings (SSSR count). The zero-order chi connectivity index (χ0) is 16.9. The number of nitro benzene ring substituents is 1. The van der Waals surface area contributed by atoms with E-state index in [1.165, 1.54) is 23.5 Å². The first-order valence-corrected chi connectivity index (χ1v) is 8.17. The second-order valence-corrected chi connectivity index (χ2v) is 6.09. The largest absolute Gasteiger partial charge is 0.340 e. The molecule has 6 heteroatoms. The summed E-state index contributed by atoms with van der Waals surface area (Å²) in [5.41, 5.74) is 0.778. The van der Waals surface area contributed by atoms with E-state index < -0.39 is 10.8 Å². The summed E-state index contributed by atoms with van der Waals surface area (Å²) in [5, 5.41) is 16.0. The molecule has 0 saturated heterocycles. The van der Waals surface area contributed by atoms with E-state index in [1.54, 1.807) is 12.1 Å². The van der Waals surface area contributed by atoms with Gasteiger partial charge in [0.15, 0.2) is 0 Å². The zero-order valence-electron chi connectivity index (χ0n) is 12.6. The molecule has 24 heavy (non-hydrogen) atoms. The molecule has 120 valence electrons. The minimum Gasteiger partial charge on any atom is -0.340 e. The van der Waals surface area contributed by atoms with Crippen molar-refractivity contribution in [2.45, 2.75) is 6.04 Å². The number of carbonyl (C=O) groups excluding carboxylic acids is 1. The minimum absolute atomic E-state index is 0.0555. The standard InChI is InChI=1S/C18H14N2O3S/c21-18(14-9-4-5-10-15(14)20(22)23)19-17(16-11-6-12-24-16)13-7-2-1-3-8-13/h1-12,17H,(H,19,21). The van der Waals surface area contributed by atoms with Crippen LogP contribution < -0.4 is 5.32 Å². The number of nitro groups is 1. The number of nitrogens with zero attached hydrogens (tertiary/aromatic N) is 1. The van der Waals surface area contributed by atoms with Gasteiger partial charge in [-0.25, -0.2) is 0 Å². The Hall–Kier alpha value is -2.99. The van der Waals surface area contributed by atoms with Crippen LogP contribution in [0.1, 0.15) is 26.8 Å². The van der Waals surface area contributed by atoms with Gasteiger partial charge in [0.1, 0.15) is 5.56 Å². The molecule has 0 saturated carbocycles. The van der Waals surface area contributed by atoms with Crippen LogP contribution in [-0.4, -0.2) is 10.8 Å². The first kappa shape index (κ1) is 15.9. The predicted octanol–water partition coefficient (Wildman–Crippen LogP) is 4.18. The molecule has 2 aromatic carbocycles. The third-order valence-corrected chi connectivity index (χ3v) is 4.52. The second-order valence-electron chi connectivity index (χ2n) is 5.11. The molecule has 1 aromatic heterocycles. The summed E-state index contributed by atoms with van der Waals surface area (Å²) in [6.45, 7) is 0. The maximum absolute atomic E-state index is 12.6. The zero-order valence-corrected chi connectivity index (χ0v) is 13.4. The van der Waals surface area contributed by atoms with Crippen LogP contribution in [0.15, 0.2) is 72.1 Å². The number of thiophene rings is 1. The van der Waals surface area contributed by atoms with E-state index in [-0.39, 0.29) is 17.3 Å². The van der Waals surface area contributed by atoms with Crippen molar-refractivity contribution in [1.29, 1.82) is 0 Å². The number of carbonyl (C=O) groups is 1. The van der Waals surface area contributed by atoms with Crippen molar-refractivity contribution in [2.75, 3.05) is 0 Å². The number of benzene rings is 2. The lowest BCUT2D eigenvalue weighted by Crippen LogP contribution is -2.29. The van der Waals surface area contributed by atoms with Crippen molar-refractivity contribution >= 4 is 22.9 Å². The summed E-state index contributed by atoms with van der Waals surface area (Å²) >= 11 is 1.52. The monoisotopic (exact) mass is 338 g/mol. The van der Waals surface area contributed by atoms with E-state index in [2.05, 4.69) is 5.32 Å². The van der Waals surface area contributed by atoms with Crippen LogP contribution in [0.3, 0.4) is 0 Å². The summed E-state index contributed by atoms with van der Waals surface area (Å²) in [4.78, 5) is 24.2. The molecule has 3 aromatic rings. The van der Waals surface area contributed by atoms with Crippen LogP contribution in [0.4, 0.5) is 5.69 Å². The first-order chi connectivity index (χ1) is 11.7. The van der Waals surface area contributed by atoms with Gasteiger partial charge in [-0.15, -0.1) is 11.3 Å². The van der Waals surface area contributed by atoms with E-state index in [0.717, 1.165) is 10.4 Å². The average Bonchev–Trinajstić information content (AvgIpc) is 3.14. The number of nitrogens with one attached hydrogen (secondary N) is 1. The normalized spacial score (nSPS) is 11.7. The van der Waals surface area contributed by atoms with Gasteiger partial charge in [-0.2, -0.15) is 0 Å². The van der Waals surface area contributed by atoms with Crippen molar-refractivity contribution < 1.29 is 9.72 Å². The Balaban J connectivity index is 1.94. The summed E-state index contributed by atoms with van der Waals surface area (Å²) in [6, 6.07) is 19.0. The van der Waals surface area contributed by atoms with Crippen molar-refractivity contribution in [3.8, 4) is 0 Å². The van der Waals surface area contributed by atoms with Gasteiger partial charge in [0, 0.05) is 10.9 Å². The lowest BCUT2D eigenvalue weighted by Gasteiger charge is -2.18. The van der Waals surface area contributed by atoms with Crippen LogP contribution in [0.25, 0.3) is 0 Å². The number of para-hydroxylation sites is 1. The van der Waals surface area contributed by atoms with Crippen molar-refractivity contribution in [3.63, 3.8) is 0 Å². The quantitative estimate of drug-likeness (QED) is 0.560. The van der Waals surface area contributed by atoms with Gasteiger partial charge in [0.2, 0.25) is 0 Å². The highest BCUT2D eigenvalue weighted by Gasteiger charge is 2.23. The third kappa shape index (κ3) is 3.33. The third-order valence-electron chi connectivity index (χ3n) is 3.58. The molecular formula is C18H14N2O3S. The van der Waals surface area contributed by atoms with Gasteiger partial charge in [-0.05, 0) is 23.1 Å². The van der Waals surface area contributed by atoms with Crippen LogP contribution in [0.5, 0.6) is 0 Å². The molecule has 1 amide bonds. The van der Waals surface area contributed by atoms with E-state index in [9.17, 15) is 14.9 Å². The van der Waals surface area contributed by atoms with Gasteiger partial charge in [-0.3, -0.25) is 14.9 Å². The molecule has 1 N–H and O–H groups in total. The molecular weight excluding hydrogens is 324 g/mol. The summed E-state index contributed by atoms with van der Waals surface area (Å²) in [6.07, 6.45) is 0. The molecule has 0 fully saturated rings. The van der Waals surface area contributed by atoms with Crippen molar-refractivity contribution in [2.24, 2.45) is 0 Å². The highest BCUT2D eigenvalue weighted by Crippen LogP contribution is 2.27. The van der Waals surface area contributed by atoms with Gasteiger partial charge in [0.25, 0.3) is 11.6 Å². The molecule has 1 heterocycles. The van der Waals surface area contributed by atoms with Crippen LogP contribution in [-0.2, 0) is 0 Å². The molecule has 0 spiro atoms. The molecule has 0 bridgehead atoms. The number of hydrogen-bond donors (Lipinski definition) is 1. The van der Waals surface area contributed by atoms with E-state index in [4.69, 9.17) is 0 Å². The maximum atomic E-state index is 12.6. The molecule has 0 aliphatic heterocycles. The topological polar surface area (TPSA) is 72.2 Å². The van der Waals surface area contributed by atoms with E-state index >= 15 is 0 Å². The Bertz CT molecular complexity index is 848. The smallest absolute Gasteiger partial charge is 0.282 e. The Morgan fingerprint density at radius 3 is 2.38 bits per heavy atom. The van der Waals surface area contributed by atoms with Crippen molar-refractivity contribution in [3.05, 3.63) is 98.2 Å². The SMILES string of the molecule is O=C(NC(c1ccccc1)c1cccs1)c1ccccc1[N+](=O)[O-]. The van der Waals surface area contributed by atoms with Crippen LogP contribution in [0, 0.1) is 10.1 Å². The fourth-order valence-electron chi connectivity index (χ4n) is 2.45. The van der Waals surface area contributed by atoms with Crippen molar-refractivity contribution in [1.82, 2.24) is 5.32 Å². The molecule has 0 aliphatic carbocycles. The Kier molecular flexibility index (Phi) is 4.67. The van der Waals surface area contributed by atoms with E-state index in [1.807, 2.05) is 47.8 Å². The lowest BCUT2D eigenvalue weighted by molar-refractivity contribution is -0.385. The van der Waals surface area contributed by atoms with E-state index in [0.29, 0.717) is 0 Å². The lowest BCUT2D eigenvalue weighted by atomic mass is 10.0. The fourth-order valence-corrected chi connectivity index (χ4v) is 3.26. The van der Waals surface area contributed by atoms with Gasteiger partial charge in [0.05, 0.1) is 11.0 Å². The molecule has 0 radical (unpaired) electrons. The molecule has 0 aliphatic rings.